The zero-order valence-corrected chi connectivity index (χ0v) is 18.0. The molecule has 2 N–H and O–H groups in total. The van der Waals surface area contributed by atoms with Gasteiger partial charge >= 0.3 is 0 Å². The number of rotatable bonds is 8. The minimum atomic E-state index is -0.207. The minimum Gasteiger partial charge on any atom is -0.354 e. The van der Waals surface area contributed by atoms with Crippen LogP contribution in [0.3, 0.4) is 0 Å². The van der Waals surface area contributed by atoms with E-state index in [0.29, 0.717) is 25.0 Å². The van der Waals surface area contributed by atoms with Crippen molar-refractivity contribution in [2.75, 3.05) is 31.5 Å². The summed E-state index contributed by atoms with van der Waals surface area (Å²) in [4.78, 5) is 11.6. The first kappa shape index (κ1) is 21.4. The van der Waals surface area contributed by atoms with Crippen molar-refractivity contribution in [3.05, 3.63) is 77.7 Å². The molecule has 1 saturated heterocycles. The van der Waals surface area contributed by atoms with Gasteiger partial charge in [-0.1, -0.05) is 37.3 Å². The van der Waals surface area contributed by atoms with Crippen molar-refractivity contribution >= 4 is 5.95 Å². The van der Waals surface area contributed by atoms with Gasteiger partial charge in [0.15, 0.2) is 0 Å². The second kappa shape index (κ2) is 10.5. The summed E-state index contributed by atoms with van der Waals surface area (Å²) in [5.41, 5.74) is 4.25. The molecule has 4 rings (SSSR count). The molecule has 1 aliphatic heterocycles. The molecule has 1 unspecified atom stereocenters. The quantitative estimate of drug-likeness (QED) is 0.575. The first-order chi connectivity index (χ1) is 15.2. The van der Waals surface area contributed by atoms with E-state index < -0.39 is 0 Å². The fourth-order valence-electron chi connectivity index (χ4n) is 4.09. The van der Waals surface area contributed by atoms with Gasteiger partial charge in [-0.2, -0.15) is 0 Å². The molecule has 0 amide bonds. The summed E-state index contributed by atoms with van der Waals surface area (Å²) in [6, 6.07) is 17.8. The summed E-state index contributed by atoms with van der Waals surface area (Å²) in [6.45, 7) is 7.05. The first-order valence-electron chi connectivity index (χ1n) is 11.1. The molecule has 1 aliphatic rings. The molecule has 162 valence electrons. The number of benzene rings is 2. The fourth-order valence-corrected chi connectivity index (χ4v) is 4.09. The predicted molar refractivity (Wildman–Crippen MR) is 123 cm³/mol. The van der Waals surface area contributed by atoms with E-state index in [-0.39, 0.29) is 5.82 Å². The Morgan fingerprint density at radius 2 is 2.00 bits per heavy atom. The molecule has 5 nitrogen and oxygen atoms in total. The lowest BCUT2D eigenvalue weighted by Crippen LogP contribution is -2.50. The highest BCUT2D eigenvalue weighted by molar-refractivity contribution is 5.61. The van der Waals surface area contributed by atoms with Crippen molar-refractivity contribution in [1.82, 2.24) is 20.2 Å². The number of nitrogens with one attached hydrogen (secondary N) is 2. The topological polar surface area (TPSA) is 53.1 Å². The highest BCUT2D eigenvalue weighted by Crippen LogP contribution is 2.21. The van der Waals surface area contributed by atoms with E-state index >= 15 is 0 Å². The normalized spacial score (nSPS) is 16.9. The van der Waals surface area contributed by atoms with E-state index in [1.807, 2.05) is 12.1 Å². The average molecular weight is 420 g/mol. The molecule has 0 aliphatic carbocycles. The van der Waals surface area contributed by atoms with Gasteiger partial charge in [-0.25, -0.2) is 14.4 Å². The van der Waals surface area contributed by atoms with Crippen LogP contribution in [0.4, 0.5) is 10.3 Å². The van der Waals surface area contributed by atoms with Crippen LogP contribution in [0.5, 0.6) is 0 Å². The zero-order chi connectivity index (χ0) is 21.5. The smallest absolute Gasteiger partial charge is 0.223 e. The van der Waals surface area contributed by atoms with Gasteiger partial charge in [0.1, 0.15) is 5.82 Å². The summed E-state index contributed by atoms with van der Waals surface area (Å²) in [5.74, 6) is 0.383. The van der Waals surface area contributed by atoms with Crippen LogP contribution < -0.4 is 10.6 Å². The van der Waals surface area contributed by atoms with Gasteiger partial charge in [0.05, 0.1) is 5.69 Å². The maximum atomic E-state index is 13.3. The number of anilines is 1. The standard InChI is InChI=1S/C25H30FN5/c1-2-23-17-27-13-14-31(23)18-20-6-3-7-21(15-20)24-10-12-29-25(30-24)28-11-9-19-5-4-8-22(26)16-19/h3-8,10,12,15-16,23,27H,2,9,11,13-14,17-18H2,1H3,(H,28,29,30). The van der Waals surface area contributed by atoms with Crippen LogP contribution in [0, 0.1) is 5.82 Å². The Bertz CT molecular complexity index is 993. The molecular weight excluding hydrogens is 389 g/mol. The highest BCUT2D eigenvalue weighted by atomic mass is 19.1. The van der Waals surface area contributed by atoms with E-state index in [4.69, 9.17) is 4.98 Å². The van der Waals surface area contributed by atoms with Crippen LogP contribution in [-0.4, -0.2) is 47.1 Å². The van der Waals surface area contributed by atoms with E-state index in [1.54, 1.807) is 18.3 Å². The maximum absolute atomic E-state index is 13.3. The van der Waals surface area contributed by atoms with Crippen molar-refractivity contribution in [2.45, 2.75) is 32.4 Å². The molecule has 1 fully saturated rings. The van der Waals surface area contributed by atoms with Crippen molar-refractivity contribution in [2.24, 2.45) is 0 Å². The van der Waals surface area contributed by atoms with Crippen LogP contribution in [-0.2, 0) is 13.0 Å². The second-order valence-electron chi connectivity index (χ2n) is 8.01. The molecule has 0 radical (unpaired) electrons. The monoisotopic (exact) mass is 419 g/mol. The number of halogens is 1. The maximum Gasteiger partial charge on any atom is 0.223 e. The number of nitrogens with zero attached hydrogens (tertiary/aromatic N) is 3. The molecule has 3 aromatic rings. The molecule has 0 saturated carbocycles. The van der Waals surface area contributed by atoms with Gasteiger partial charge in [0.2, 0.25) is 5.95 Å². The number of hydrogen-bond donors (Lipinski definition) is 2. The van der Waals surface area contributed by atoms with Crippen LogP contribution in [0.2, 0.25) is 0 Å². The molecule has 1 atom stereocenters. The Morgan fingerprint density at radius 1 is 1.13 bits per heavy atom. The Balaban J connectivity index is 1.40. The number of aromatic nitrogens is 2. The second-order valence-corrected chi connectivity index (χ2v) is 8.01. The van der Waals surface area contributed by atoms with Gasteiger partial charge in [-0.3, -0.25) is 4.90 Å². The van der Waals surface area contributed by atoms with Gasteiger partial charge in [0.25, 0.3) is 0 Å². The van der Waals surface area contributed by atoms with Crippen LogP contribution >= 0.6 is 0 Å². The summed E-state index contributed by atoms with van der Waals surface area (Å²) in [5, 5.41) is 6.75. The van der Waals surface area contributed by atoms with Crippen molar-refractivity contribution in [1.29, 1.82) is 0 Å². The predicted octanol–water partition coefficient (Wildman–Crippen LogP) is 4.12. The van der Waals surface area contributed by atoms with Gasteiger partial charge in [-0.15, -0.1) is 0 Å². The molecule has 6 heteroatoms. The summed E-state index contributed by atoms with van der Waals surface area (Å²) in [6.07, 6.45) is 3.65. The summed E-state index contributed by atoms with van der Waals surface area (Å²) in [7, 11) is 0. The number of piperazine rings is 1. The highest BCUT2D eigenvalue weighted by Gasteiger charge is 2.20. The lowest BCUT2D eigenvalue weighted by atomic mass is 10.1. The Hall–Kier alpha value is -2.83. The molecular formula is C25H30FN5. The van der Waals surface area contributed by atoms with Crippen LogP contribution in [0.1, 0.15) is 24.5 Å². The van der Waals surface area contributed by atoms with E-state index in [0.717, 1.165) is 49.4 Å². The molecule has 2 heterocycles. The van der Waals surface area contributed by atoms with E-state index in [1.165, 1.54) is 11.6 Å². The molecule has 31 heavy (non-hydrogen) atoms. The van der Waals surface area contributed by atoms with Crippen molar-refractivity contribution < 1.29 is 4.39 Å². The third kappa shape index (κ3) is 5.87. The third-order valence-corrected chi connectivity index (χ3v) is 5.79. The van der Waals surface area contributed by atoms with Crippen molar-refractivity contribution in [3.8, 4) is 11.3 Å². The minimum absolute atomic E-state index is 0.207. The third-order valence-electron chi connectivity index (χ3n) is 5.79. The number of hydrogen-bond acceptors (Lipinski definition) is 5. The van der Waals surface area contributed by atoms with Gasteiger partial charge < -0.3 is 10.6 Å². The van der Waals surface area contributed by atoms with E-state index in [2.05, 4.69) is 51.7 Å². The first-order valence-corrected chi connectivity index (χ1v) is 11.1. The fraction of sp³-hybridized carbons (Fsp3) is 0.360. The van der Waals surface area contributed by atoms with Crippen LogP contribution in [0.25, 0.3) is 11.3 Å². The molecule has 2 aromatic carbocycles. The Labute approximate surface area is 183 Å². The van der Waals surface area contributed by atoms with Crippen LogP contribution in [0.15, 0.2) is 60.8 Å². The summed E-state index contributed by atoms with van der Waals surface area (Å²) < 4.78 is 13.3. The average Bonchev–Trinajstić information content (AvgIpc) is 2.80. The lowest BCUT2D eigenvalue weighted by molar-refractivity contribution is 0.149. The van der Waals surface area contributed by atoms with Gasteiger partial charge in [-0.05, 0) is 48.2 Å². The molecule has 0 spiro atoms. The van der Waals surface area contributed by atoms with Crippen molar-refractivity contribution in [3.63, 3.8) is 0 Å². The molecule has 0 bridgehead atoms. The Morgan fingerprint density at radius 3 is 2.87 bits per heavy atom. The summed E-state index contributed by atoms with van der Waals surface area (Å²) >= 11 is 0. The largest absolute Gasteiger partial charge is 0.354 e. The SMILES string of the molecule is CCC1CNCCN1Cc1cccc(-c2ccnc(NCCc3cccc(F)c3)n2)c1. The van der Waals surface area contributed by atoms with Gasteiger partial charge in [0, 0.05) is 50.5 Å². The van der Waals surface area contributed by atoms with E-state index in [9.17, 15) is 4.39 Å². The zero-order valence-electron chi connectivity index (χ0n) is 18.0. The molecule has 1 aromatic heterocycles. The Kier molecular flexibility index (Phi) is 7.22. The lowest BCUT2D eigenvalue weighted by Gasteiger charge is -2.35.